The van der Waals surface area contributed by atoms with E-state index in [0.29, 0.717) is 12.2 Å². The van der Waals surface area contributed by atoms with Crippen LogP contribution in [0.3, 0.4) is 0 Å². The normalized spacial score (nSPS) is 12.1. The molecule has 0 aliphatic rings. The van der Waals surface area contributed by atoms with Crippen molar-refractivity contribution in [3.63, 3.8) is 0 Å². The Morgan fingerprint density at radius 3 is 2.60 bits per heavy atom. The number of oxazole rings is 1. The smallest absolute Gasteiger partial charge is 0.417 e. The number of halogens is 3. The van der Waals surface area contributed by atoms with E-state index in [1.165, 1.54) is 18.5 Å². The van der Waals surface area contributed by atoms with Crippen LogP contribution in [0.2, 0.25) is 0 Å². The summed E-state index contributed by atoms with van der Waals surface area (Å²) in [4.78, 5) is 3.99. The van der Waals surface area contributed by atoms with Crippen molar-refractivity contribution in [1.29, 1.82) is 0 Å². The summed E-state index contributed by atoms with van der Waals surface area (Å²) < 4.78 is 44.2. The Balaban J connectivity index is 2.40. The number of alkyl halides is 3. The maximum absolute atomic E-state index is 13.0. The molecule has 0 aliphatic carbocycles. The molecular weight excluding hydrogens is 269 g/mol. The molecule has 0 amide bonds. The first-order valence-electron chi connectivity index (χ1n) is 6.22. The third-order valence-corrected chi connectivity index (χ3v) is 2.80. The second-order valence-corrected chi connectivity index (χ2v) is 4.71. The minimum Gasteiger partial charge on any atom is -0.443 e. The first-order chi connectivity index (χ1) is 9.39. The third kappa shape index (κ3) is 3.19. The van der Waals surface area contributed by atoms with Gasteiger partial charge in [-0.05, 0) is 6.07 Å². The van der Waals surface area contributed by atoms with Gasteiger partial charge in [-0.1, -0.05) is 32.0 Å². The maximum atomic E-state index is 13.0. The van der Waals surface area contributed by atoms with Crippen LogP contribution >= 0.6 is 0 Å². The summed E-state index contributed by atoms with van der Waals surface area (Å²) in [6, 6.07) is 5.54. The highest BCUT2D eigenvalue weighted by atomic mass is 19.4. The van der Waals surface area contributed by atoms with Gasteiger partial charge in [0.1, 0.15) is 5.69 Å². The molecule has 1 heterocycles. The molecule has 6 heteroatoms. The molecule has 1 aromatic carbocycles. The monoisotopic (exact) mass is 284 g/mol. The van der Waals surface area contributed by atoms with E-state index >= 15 is 0 Å². The number of benzene rings is 1. The molecule has 2 rings (SSSR count). The Morgan fingerprint density at radius 1 is 1.25 bits per heavy atom. The molecule has 2 aromatic rings. The molecular formula is C14H15F3N2O. The number of hydrogen-bond acceptors (Lipinski definition) is 3. The van der Waals surface area contributed by atoms with E-state index in [1.807, 2.05) is 13.8 Å². The lowest BCUT2D eigenvalue weighted by Gasteiger charge is -2.12. The molecule has 0 fully saturated rings. The SMILES string of the molecule is CC(C)NCc1ncoc1-c1ccccc1C(F)(F)F. The number of hydrogen-bond donors (Lipinski definition) is 1. The highest BCUT2D eigenvalue weighted by Gasteiger charge is 2.34. The Bertz CT molecular complexity index is 576. The highest BCUT2D eigenvalue weighted by Crippen LogP contribution is 2.37. The van der Waals surface area contributed by atoms with Crippen LogP contribution in [0.25, 0.3) is 11.3 Å². The quantitative estimate of drug-likeness (QED) is 0.926. The summed E-state index contributed by atoms with van der Waals surface area (Å²) >= 11 is 0. The van der Waals surface area contributed by atoms with Crippen molar-refractivity contribution in [3.8, 4) is 11.3 Å². The molecule has 0 atom stereocenters. The zero-order valence-corrected chi connectivity index (χ0v) is 11.2. The number of aromatic nitrogens is 1. The van der Waals surface area contributed by atoms with Gasteiger partial charge in [0.25, 0.3) is 0 Å². The van der Waals surface area contributed by atoms with Gasteiger partial charge in [-0.15, -0.1) is 0 Å². The molecule has 0 saturated carbocycles. The van der Waals surface area contributed by atoms with Crippen LogP contribution in [0, 0.1) is 0 Å². The number of nitrogens with zero attached hydrogens (tertiary/aromatic N) is 1. The van der Waals surface area contributed by atoms with Crippen molar-refractivity contribution >= 4 is 0 Å². The molecule has 108 valence electrons. The van der Waals surface area contributed by atoms with Gasteiger partial charge < -0.3 is 9.73 Å². The van der Waals surface area contributed by atoms with Crippen molar-refractivity contribution in [3.05, 3.63) is 41.9 Å². The van der Waals surface area contributed by atoms with Gasteiger partial charge in [0, 0.05) is 18.2 Å². The van der Waals surface area contributed by atoms with Crippen LogP contribution in [0.15, 0.2) is 35.1 Å². The third-order valence-electron chi connectivity index (χ3n) is 2.80. The standard InChI is InChI=1S/C14H15F3N2O/c1-9(2)18-7-12-13(20-8-19-12)10-5-3-4-6-11(10)14(15,16)17/h3-6,8-9,18H,7H2,1-2H3. The minimum absolute atomic E-state index is 0.0121. The van der Waals surface area contributed by atoms with Crippen molar-refractivity contribution in [1.82, 2.24) is 10.3 Å². The lowest BCUT2D eigenvalue weighted by atomic mass is 10.0. The first-order valence-corrected chi connectivity index (χ1v) is 6.22. The van der Waals surface area contributed by atoms with Crippen molar-refractivity contribution < 1.29 is 17.6 Å². The Kier molecular flexibility index (Phi) is 4.13. The van der Waals surface area contributed by atoms with Gasteiger partial charge in [-0.2, -0.15) is 13.2 Å². The molecule has 0 aliphatic heterocycles. The predicted octanol–water partition coefficient (Wildman–Crippen LogP) is 3.86. The van der Waals surface area contributed by atoms with E-state index in [9.17, 15) is 13.2 Å². The summed E-state index contributed by atoms with van der Waals surface area (Å²) in [5, 5.41) is 3.11. The minimum atomic E-state index is -4.42. The van der Waals surface area contributed by atoms with Gasteiger partial charge in [-0.3, -0.25) is 0 Å². The Labute approximate surface area is 114 Å². The van der Waals surface area contributed by atoms with E-state index in [-0.39, 0.29) is 17.4 Å². The lowest BCUT2D eigenvalue weighted by molar-refractivity contribution is -0.137. The van der Waals surface area contributed by atoms with Gasteiger partial charge in [0.05, 0.1) is 5.56 Å². The fourth-order valence-electron chi connectivity index (χ4n) is 1.84. The van der Waals surface area contributed by atoms with E-state index in [0.717, 1.165) is 6.07 Å². The summed E-state index contributed by atoms with van der Waals surface area (Å²) in [5.74, 6) is 0.158. The molecule has 20 heavy (non-hydrogen) atoms. The fraction of sp³-hybridized carbons (Fsp3) is 0.357. The summed E-state index contributed by atoms with van der Waals surface area (Å²) in [5.41, 5.74) is -0.240. The van der Waals surface area contributed by atoms with Crippen LogP contribution < -0.4 is 5.32 Å². The summed E-state index contributed by atoms with van der Waals surface area (Å²) in [6.45, 7) is 4.25. The Morgan fingerprint density at radius 2 is 1.95 bits per heavy atom. The number of rotatable bonds is 4. The van der Waals surface area contributed by atoms with Crippen LogP contribution in [-0.2, 0) is 12.7 Å². The van der Waals surface area contributed by atoms with Crippen LogP contribution in [-0.4, -0.2) is 11.0 Å². The topological polar surface area (TPSA) is 38.1 Å². The van der Waals surface area contributed by atoms with Crippen molar-refractivity contribution in [2.45, 2.75) is 32.6 Å². The second-order valence-electron chi connectivity index (χ2n) is 4.71. The van der Waals surface area contributed by atoms with Gasteiger partial charge in [-0.25, -0.2) is 4.98 Å². The molecule has 0 radical (unpaired) electrons. The number of nitrogens with one attached hydrogen (secondary N) is 1. The largest absolute Gasteiger partial charge is 0.443 e. The first kappa shape index (κ1) is 14.6. The molecule has 1 N–H and O–H groups in total. The maximum Gasteiger partial charge on any atom is 0.417 e. The Hall–Kier alpha value is -1.82. The van der Waals surface area contributed by atoms with E-state index in [2.05, 4.69) is 10.3 Å². The molecule has 0 spiro atoms. The average molecular weight is 284 g/mol. The predicted molar refractivity (Wildman–Crippen MR) is 68.9 cm³/mol. The van der Waals surface area contributed by atoms with E-state index < -0.39 is 11.7 Å². The average Bonchev–Trinajstić information content (AvgIpc) is 2.83. The van der Waals surface area contributed by atoms with Gasteiger partial charge in [0.2, 0.25) is 0 Å². The van der Waals surface area contributed by atoms with Crippen LogP contribution in [0.4, 0.5) is 13.2 Å². The van der Waals surface area contributed by atoms with Gasteiger partial charge in [0.15, 0.2) is 12.2 Å². The van der Waals surface area contributed by atoms with Crippen molar-refractivity contribution in [2.24, 2.45) is 0 Å². The second kappa shape index (κ2) is 5.66. The fourth-order valence-corrected chi connectivity index (χ4v) is 1.84. The van der Waals surface area contributed by atoms with E-state index in [4.69, 9.17) is 4.42 Å². The van der Waals surface area contributed by atoms with Crippen LogP contribution in [0.1, 0.15) is 25.1 Å². The van der Waals surface area contributed by atoms with Gasteiger partial charge >= 0.3 is 6.18 Å². The zero-order valence-electron chi connectivity index (χ0n) is 11.2. The molecule has 0 unspecified atom stereocenters. The van der Waals surface area contributed by atoms with Crippen LogP contribution in [0.5, 0.6) is 0 Å². The molecule has 1 aromatic heterocycles. The zero-order chi connectivity index (χ0) is 14.8. The van der Waals surface area contributed by atoms with Crippen molar-refractivity contribution in [2.75, 3.05) is 0 Å². The van der Waals surface area contributed by atoms with E-state index in [1.54, 1.807) is 6.07 Å². The summed E-state index contributed by atoms with van der Waals surface area (Å²) in [7, 11) is 0. The summed E-state index contributed by atoms with van der Waals surface area (Å²) in [6.07, 6.45) is -3.26. The highest BCUT2D eigenvalue weighted by molar-refractivity contribution is 5.64. The molecule has 3 nitrogen and oxygen atoms in total. The molecule has 0 bridgehead atoms. The lowest BCUT2D eigenvalue weighted by Crippen LogP contribution is -2.22. The molecule has 0 saturated heterocycles.